The van der Waals surface area contributed by atoms with Gasteiger partial charge in [0.1, 0.15) is 11.3 Å². The van der Waals surface area contributed by atoms with Gasteiger partial charge in [-0.2, -0.15) is 0 Å². The molecule has 1 fully saturated rings. The van der Waals surface area contributed by atoms with Gasteiger partial charge in [0, 0.05) is 48.5 Å². The van der Waals surface area contributed by atoms with Gasteiger partial charge in [0.15, 0.2) is 23.1 Å². The van der Waals surface area contributed by atoms with Gasteiger partial charge in [0.2, 0.25) is 0 Å². The van der Waals surface area contributed by atoms with Gasteiger partial charge in [-0.15, -0.1) is 0 Å². The van der Waals surface area contributed by atoms with Crippen LogP contribution in [0.4, 0.5) is 25.0 Å². The fourth-order valence-electron chi connectivity index (χ4n) is 4.23. The Bertz CT molecular complexity index is 1200. The third kappa shape index (κ3) is 3.72. The number of benzene rings is 1. The molecule has 9 nitrogen and oxygen atoms in total. The maximum absolute atomic E-state index is 15.0. The zero-order valence-corrected chi connectivity index (χ0v) is 18.2. The highest BCUT2D eigenvalue weighted by Gasteiger charge is 2.33. The summed E-state index contributed by atoms with van der Waals surface area (Å²) in [6, 6.07) is 2.38. The first-order chi connectivity index (χ1) is 16.0. The van der Waals surface area contributed by atoms with Crippen molar-refractivity contribution in [2.75, 3.05) is 50.7 Å². The number of fused-ring (bicyclic) bond motifs is 3. The van der Waals surface area contributed by atoms with Crippen molar-refractivity contribution in [3.05, 3.63) is 41.2 Å². The molecular formula is C22H23F2N5O4. The molecule has 2 amide bonds. The second-order valence-corrected chi connectivity index (χ2v) is 7.88. The molecule has 4 heterocycles. The Morgan fingerprint density at radius 1 is 1.12 bits per heavy atom. The van der Waals surface area contributed by atoms with E-state index in [4.69, 9.17) is 14.2 Å². The fourth-order valence-corrected chi connectivity index (χ4v) is 4.23. The van der Waals surface area contributed by atoms with Crippen molar-refractivity contribution in [3.8, 4) is 11.5 Å². The van der Waals surface area contributed by atoms with E-state index in [2.05, 4.69) is 20.2 Å². The molecule has 2 N–H and O–H groups in total. The molecule has 1 aromatic carbocycles. The van der Waals surface area contributed by atoms with Gasteiger partial charge in [-0.3, -0.25) is 9.80 Å². The number of aromatic nitrogens is 2. The van der Waals surface area contributed by atoms with Gasteiger partial charge in [0.25, 0.3) is 0 Å². The monoisotopic (exact) mass is 459 g/mol. The van der Waals surface area contributed by atoms with Gasteiger partial charge in [-0.25, -0.2) is 18.6 Å². The number of hydrogen-bond acceptors (Lipinski definition) is 6. The quantitative estimate of drug-likeness (QED) is 0.609. The van der Waals surface area contributed by atoms with Gasteiger partial charge in [-0.1, -0.05) is 0 Å². The molecule has 2 aromatic heterocycles. The average Bonchev–Trinajstić information content (AvgIpc) is 3.23. The van der Waals surface area contributed by atoms with Crippen molar-refractivity contribution in [1.82, 2.24) is 14.9 Å². The van der Waals surface area contributed by atoms with Gasteiger partial charge in [0.05, 0.1) is 39.7 Å². The summed E-state index contributed by atoms with van der Waals surface area (Å²) in [7, 11) is 2.51. The number of nitrogens with one attached hydrogen (secondary N) is 2. The third-order valence-corrected chi connectivity index (χ3v) is 5.92. The SMILES string of the molecule is COc1cc(OC)c(F)c(N2Cc3cnc4[nH]c(CN5CCOCC5)cc4c3NC2=O)c1F. The largest absolute Gasteiger partial charge is 0.493 e. The Kier molecular flexibility index (Phi) is 5.51. The van der Waals surface area contributed by atoms with Crippen molar-refractivity contribution >= 4 is 28.4 Å². The van der Waals surface area contributed by atoms with E-state index in [0.29, 0.717) is 36.7 Å². The molecular weight excluding hydrogens is 436 g/mol. The number of rotatable bonds is 5. The first-order valence-corrected chi connectivity index (χ1v) is 10.5. The number of pyridine rings is 1. The number of H-pyrrole nitrogens is 1. The van der Waals surface area contributed by atoms with Crippen LogP contribution in [-0.4, -0.2) is 61.4 Å². The number of carbonyl (C=O) groups excluding carboxylic acids is 1. The molecule has 0 saturated carbocycles. The second-order valence-electron chi connectivity index (χ2n) is 7.88. The summed E-state index contributed by atoms with van der Waals surface area (Å²) in [6.07, 6.45) is 1.59. The molecule has 2 aliphatic rings. The standard InChI is InChI=1S/C22H23F2N5O4/c1-31-15-8-16(32-2)18(24)20(17(15)23)29-10-12-9-25-21-14(19(12)27-22(29)30)7-13(26-21)11-28-3-5-33-6-4-28/h7-9H,3-6,10-11H2,1-2H3,(H,25,26)(H,27,30). The number of aromatic amines is 1. The van der Waals surface area contributed by atoms with Crippen LogP contribution in [-0.2, 0) is 17.8 Å². The number of amides is 2. The first-order valence-electron chi connectivity index (χ1n) is 10.5. The van der Waals surface area contributed by atoms with Crippen molar-refractivity contribution < 1.29 is 27.8 Å². The molecule has 11 heteroatoms. The Morgan fingerprint density at radius 3 is 2.48 bits per heavy atom. The fraction of sp³-hybridized carbons (Fsp3) is 0.364. The summed E-state index contributed by atoms with van der Waals surface area (Å²) in [6.45, 7) is 3.71. The van der Waals surface area contributed by atoms with E-state index < -0.39 is 23.4 Å². The number of anilines is 2. The zero-order valence-electron chi connectivity index (χ0n) is 18.2. The lowest BCUT2D eigenvalue weighted by molar-refractivity contribution is 0.0337. The van der Waals surface area contributed by atoms with Crippen LogP contribution >= 0.6 is 0 Å². The molecule has 0 bridgehead atoms. The topological polar surface area (TPSA) is 92.0 Å². The third-order valence-electron chi connectivity index (χ3n) is 5.92. The smallest absolute Gasteiger partial charge is 0.326 e. The minimum atomic E-state index is -0.988. The predicted octanol–water partition coefficient (Wildman–Crippen LogP) is 3.24. The number of nitrogens with zero attached hydrogens (tertiary/aromatic N) is 3. The molecule has 0 unspecified atom stereocenters. The number of hydrogen-bond donors (Lipinski definition) is 2. The number of carbonyl (C=O) groups is 1. The van der Waals surface area contributed by atoms with Crippen LogP contribution in [0.5, 0.6) is 11.5 Å². The highest BCUT2D eigenvalue weighted by Crippen LogP contribution is 2.40. The lowest BCUT2D eigenvalue weighted by Crippen LogP contribution is -2.40. The summed E-state index contributed by atoms with van der Waals surface area (Å²) < 4.78 is 45.3. The Labute approximate surface area is 188 Å². The van der Waals surface area contributed by atoms with E-state index in [9.17, 15) is 13.6 Å². The Morgan fingerprint density at radius 2 is 1.82 bits per heavy atom. The highest BCUT2D eigenvalue weighted by molar-refractivity contribution is 6.10. The molecule has 1 saturated heterocycles. The number of ether oxygens (including phenoxy) is 3. The molecule has 0 aliphatic carbocycles. The van der Waals surface area contributed by atoms with Crippen LogP contribution in [0.3, 0.4) is 0 Å². The lowest BCUT2D eigenvalue weighted by Gasteiger charge is -2.30. The molecule has 0 atom stereocenters. The molecule has 2 aliphatic heterocycles. The lowest BCUT2D eigenvalue weighted by atomic mass is 10.1. The van der Waals surface area contributed by atoms with Gasteiger partial charge < -0.3 is 24.5 Å². The average molecular weight is 459 g/mol. The van der Waals surface area contributed by atoms with E-state index in [1.807, 2.05) is 6.07 Å². The maximum Gasteiger partial charge on any atom is 0.326 e. The van der Waals surface area contributed by atoms with Crippen LogP contribution in [0.15, 0.2) is 18.3 Å². The van der Waals surface area contributed by atoms with E-state index >= 15 is 0 Å². The van der Waals surface area contributed by atoms with E-state index in [-0.39, 0.29) is 18.0 Å². The van der Waals surface area contributed by atoms with E-state index in [1.54, 1.807) is 6.20 Å². The van der Waals surface area contributed by atoms with E-state index in [0.717, 1.165) is 35.1 Å². The van der Waals surface area contributed by atoms with Crippen LogP contribution in [0.1, 0.15) is 11.3 Å². The molecule has 5 rings (SSSR count). The zero-order chi connectivity index (χ0) is 23.1. The number of methoxy groups -OCH3 is 2. The van der Waals surface area contributed by atoms with Crippen molar-refractivity contribution in [2.24, 2.45) is 0 Å². The summed E-state index contributed by atoms with van der Waals surface area (Å²) in [4.78, 5) is 24.0. The van der Waals surface area contributed by atoms with Crippen molar-refractivity contribution in [1.29, 1.82) is 0 Å². The van der Waals surface area contributed by atoms with Gasteiger partial charge in [-0.05, 0) is 6.07 Å². The molecule has 0 radical (unpaired) electrons. The Hall–Kier alpha value is -3.44. The van der Waals surface area contributed by atoms with Crippen molar-refractivity contribution in [3.63, 3.8) is 0 Å². The second kappa shape index (κ2) is 8.49. The number of urea groups is 1. The van der Waals surface area contributed by atoms with Crippen LogP contribution in [0.25, 0.3) is 11.0 Å². The summed E-state index contributed by atoms with van der Waals surface area (Å²) in [5.41, 5.74) is 2.24. The normalized spacial score (nSPS) is 16.6. The first kappa shape index (κ1) is 21.4. The van der Waals surface area contributed by atoms with Crippen LogP contribution < -0.4 is 19.7 Å². The van der Waals surface area contributed by atoms with Crippen LogP contribution in [0.2, 0.25) is 0 Å². The minimum Gasteiger partial charge on any atom is -0.493 e. The summed E-state index contributed by atoms with van der Waals surface area (Å²) in [5, 5.41) is 3.52. The molecule has 0 spiro atoms. The van der Waals surface area contributed by atoms with Gasteiger partial charge >= 0.3 is 6.03 Å². The Balaban J connectivity index is 1.50. The van der Waals surface area contributed by atoms with Crippen LogP contribution in [0, 0.1) is 11.6 Å². The molecule has 174 valence electrons. The maximum atomic E-state index is 15.0. The minimum absolute atomic E-state index is 0.0712. The molecule has 33 heavy (non-hydrogen) atoms. The highest BCUT2D eigenvalue weighted by atomic mass is 19.1. The summed E-state index contributed by atoms with van der Waals surface area (Å²) in [5.74, 6) is -2.43. The predicted molar refractivity (Wildman–Crippen MR) is 117 cm³/mol. The van der Waals surface area contributed by atoms with E-state index in [1.165, 1.54) is 14.2 Å². The number of morpholine rings is 1. The summed E-state index contributed by atoms with van der Waals surface area (Å²) >= 11 is 0. The van der Waals surface area contributed by atoms with Crippen molar-refractivity contribution in [2.45, 2.75) is 13.1 Å². The number of halogens is 2. The molecule has 3 aromatic rings.